The number of alkyl carbamates (subject to hydrolysis) is 1. The van der Waals surface area contributed by atoms with E-state index >= 15 is 0 Å². The van der Waals surface area contributed by atoms with Gasteiger partial charge in [-0.3, -0.25) is 9.59 Å². The molecule has 5 aromatic rings. The van der Waals surface area contributed by atoms with E-state index in [9.17, 15) is 14.4 Å². The molecule has 1 aliphatic heterocycles. The van der Waals surface area contributed by atoms with Crippen LogP contribution in [-0.2, 0) is 14.3 Å². The van der Waals surface area contributed by atoms with Gasteiger partial charge in [0.2, 0.25) is 17.6 Å². The minimum Gasteiger partial charge on any atom is -0.497 e. The van der Waals surface area contributed by atoms with E-state index in [0.717, 1.165) is 33.4 Å². The molecule has 270 valence electrons. The van der Waals surface area contributed by atoms with Crippen LogP contribution in [-0.4, -0.2) is 59.5 Å². The summed E-state index contributed by atoms with van der Waals surface area (Å²) in [6.45, 7) is -0.125. The van der Waals surface area contributed by atoms with Gasteiger partial charge in [0.25, 0.3) is 0 Å². The second-order valence-corrected chi connectivity index (χ2v) is 12.6. The summed E-state index contributed by atoms with van der Waals surface area (Å²) >= 11 is 0. The number of rotatable bonds is 12. The highest BCUT2D eigenvalue weighted by Gasteiger charge is 2.50. The van der Waals surface area contributed by atoms with Crippen molar-refractivity contribution in [2.24, 2.45) is 0 Å². The van der Waals surface area contributed by atoms with Gasteiger partial charge < -0.3 is 39.2 Å². The average Bonchev–Trinajstić information content (AvgIpc) is 3.52. The van der Waals surface area contributed by atoms with Crippen LogP contribution < -0.4 is 34.5 Å². The van der Waals surface area contributed by atoms with Crippen molar-refractivity contribution >= 4 is 29.3 Å². The number of hydrogen-bond donors (Lipinski definition) is 2. The van der Waals surface area contributed by atoms with E-state index < -0.39 is 17.9 Å². The van der Waals surface area contributed by atoms with Gasteiger partial charge in [0, 0.05) is 23.7 Å². The predicted molar refractivity (Wildman–Crippen MR) is 200 cm³/mol. The molecule has 53 heavy (non-hydrogen) atoms. The average molecular weight is 714 g/mol. The van der Waals surface area contributed by atoms with Gasteiger partial charge in [-0.25, -0.2) is 4.79 Å². The molecule has 2 N–H and O–H groups in total. The van der Waals surface area contributed by atoms with Crippen LogP contribution in [0.5, 0.6) is 23.0 Å². The van der Waals surface area contributed by atoms with Gasteiger partial charge in [0.05, 0.1) is 46.1 Å². The van der Waals surface area contributed by atoms with E-state index in [4.69, 9.17) is 23.7 Å². The summed E-state index contributed by atoms with van der Waals surface area (Å²) in [6, 6.07) is 34.0. The Hall–Kier alpha value is -6.49. The molecule has 0 radical (unpaired) electrons. The predicted octanol–water partition coefficient (Wildman–Crippen LogP) is 7.07. The lowest BCUT2D eigenvalue weighted by Crippen LogP contribution is -2.53. The largest absolute Gasteiger partial charge is 0.497 e. The molecule has 2 atom stereocenters. The molecule has 0 aromatic heterocycles. The van der Waals surface area contributed by atoms with Gasteiger partial charge in [0.1, 0.15) is 18.9 Å². The standard InChI is InChI=1S/C42H39N3O8/c1-49-29-19-15-26(16-20-29)39-38(41(47)45(39)28-21-35(50-2)40(52-4)36(22-28)51-3)25-13-17-27(18-14-25)44-37(46)23-43-42(48)53-24-34-32-11-7-5-9-30(32)31-10-6-8-12-33(31)34/h5-22,34,38-39H,23-24H2,1-4H3,(H,43,48)(H,44,46)/t38-,39-/m0/s1. The molecule has 5 aromatic carbocycles. The Morgan fingerprint density at radius 2 is 1.28 bits per heavy atom. The first kappa shape index (κ1) is 34.9. The zero-order chi connectivity index (χ0) is 37.1. The van der Waals surface area contributed by atoms with Crippen molar-refractivity contribution in [1.82, 2.24) is 5.32 Å². The van der Waals surface area contributed by atoms with Crippen molar-refractivity contribution in [3.05, 3.63) is 131 Å². The lowest BCUT2D eigenvalue weighted by atomic mass is 9.77. The lowest BCUT2D eigenvalue weighted by Gasteiger charge is -2.48. The second-order valence-electron chi connectivity index (χ2n) is 12.6. The molecule has 0 spiro atoms. The monoisotopic (exact) mass is 713 g/mol. The van der Waals surface area contributed by atoms with Crippen LogP contribution in [0.25, 0.3) is 11.1 Å². The van der Waals surface area contributed by atoms with Crippen LogP contribution in [0.4, 0.5) is 16.2 Å². The number of carbonyl (C=O) groups excluding carboxylic acids is 3. The molecule has 11 nitrogen and oxygen atoms in total. The minimum absolute atomic E-state index is 0.0821. The third-order valence-corrected chi connectivity index (χ3v) is 9.77. The smallest absolute Gasteiger partial charge is 0.407 e. The zero-order valence-corrected chi connectivity index (χ0v) is 29.8. The first-order chi connectivity index (χ1) is 25.8. The summed E-state index contributed by atoms with van der Waals surface area (Å²) < 4.78 is 27.5. The highest BCUT2D eigenvalue weighted by Crippen LogP contribution is 2.52. The fraction of sp³-hybridized carbons (Fsp3) is 0.214. The molecule has 0 saturated carbocycles. The van der Waals surface area contributed by atoms with Crippen LogP contribution in [0.15, 0.2) is 109 Å². The second kappa shape index (κ2) is 15.0. The minimum atomic E-state index is -0.679. The number of methoxy groups -OCH3 is 4. The van der Waals surface area contributed by atoms with E-state index in [1.807, 2.05) is 72.8 Å². The normalized spacial score (nSPS) is 15.8. The summed E-state index contributed by atoms with van der Waals surface area (Å²) in [5, 5.41) is 5.35. The maximum Gasteiger partial charge on any atom is 0.407 e. The molecular weight excluding hydrogens is 674 g/mol. The Bertz CT molecular complexity index is 2080. The molecule has 1 heterocycles. The van der Waals surface area contributed by atoms with E-state index in [2.05, 4.69) is 22.8 Å². The first-order valence-corrected chi connectivity index (χ1v) is 17.1. The molecule has 2 aliphatic rings. The number of β-lactam (4-membered cyclic amide) rings is 1. The number of nitrogens with one attached hydrogen (secondary N) is 2. The molecule has 7 rings (SSSR count). The summed E-state index contributed by atoms with van der Waals surface area (Å²) in [4.78, 5) is 41.1. The summed E-state index contributed by atoms with van der Waals surface area (Å²) in [6.07, 6.45) is -0.679. The fourth-order valence-corrected chi connectivity index (χ4v) is 7.23. The number of hydrogen-bond acceptors (Lipinski definition) is 8. The molecule has 0 bridgehead atoms. The fourth-order valence-electron chi connectivity index (χ4n) is 7.23. The highest BCUT2D eigenvalue weighted by molar-refractivity contribution is 6.07. The van der Waals surface area contributed by atoms with Gasteiger partial charge in [-0.15, -0.1) is 0 Å². The molecule has 1 saturated heterocycles. The van der Waals surface area contributed by atoms with Crippen molar-refractivity contribution < 1.29 is 38.1 Å². The first-order valence-electron chi connectivity index (χ1n) is 17.1. The number of ether oxygens (including phenoxy) is 5. The quantitative estimate of drug-likeness (QED) is 0.132. The van der Waals surface area contributed by atoms with Gasteiger partial charge in [-0.05, 0) is 57.6 Å². The molecule has 1 aliphatic carbocycles. The Labute approximate surface area is 307 Å². The van der Waals surface area contributed by atoms with Crippen LogP contribution in [0.3, 0.4) is 0 Å². The third kappa shape index (κ3) is 6.69. The summed E-state index contributed by atoms with van der Waals surface area (Å²) in [5.74, 6) is 0.849. The van der Waals surface area contributed by atoms with E-state index in [-0.39, 0.29) is 31.0 Å². The van der Waals surface area contributed by atoms with Gasteiger partial charge in [0.15, 0.2) is 11.5 Å². The Morgan fingerprint density at radius 3 is 1.85 bits per heavy atom. The van der Waals surface area contributed by atoms with Crippen molar-refractivity contribution in [2.45, 2.75) is 17.9 Å². The zero-order valence-electron chi connectivity index (χ0n) is 29.8. The van der Waals surface area contributed by atoms with Gasteiger partial charge >= 0.3 is 6.09 Å². The van der Waals surface area contributed by atoms with Crippen molar-refractivity contribution in [3.8, 4) is 34.1 Å². The highest BCUT2D eigenvalue weighted by atomic mass is 16.5. The third-order valence-electron chi connectivity index (χ3n) is 9.77. The Kier molecular flexibility index (Phi) is 9.89. The van der Waals surface area contributed by atoms with Crippen LogP contribution in [0, 0.1) is 0 Å². The van der Waals surface area contributed by atoms with Crippen molar-refractivity contribution in [3.63, 3.8) is 0 Å². The molecule has 1 fully saturated rings. The molecule has 11 heteroatoms. The number of amides is 3. The Morgan fingerprint density at radius 1 is 0.698 bits per heavy atom. The van der Waals surface area contributed by atoms with Gasteiger partial charge in [-0.2, -0.15) is 0 Å². The molecule has 3 amide bonds. The van der Waals surface area contributed by atoms with E-state index in [1.54, 1.807) is 36.3 Å². The number of nitrogens with zero attached hydrogens (tertiary/aromatic N) is 1. The summed E-state index contributed by atoms with van der Waals surface area (Å²) in [5.41, 5.74) is 7.27. The molecular formula is C42H39N3O8. The molecule has 0 unspecified atom stereocenters. The maximum atomic E-state index is 14.0. The van der Waals surface area contributed by atoms with Crippen LogP contribution >= 0.6 is 0 Å². The maximum absolute atomic E-state index is 14.0. The van der Waals surface area contributed by atoms with Crippen LogP contribution in [0.2, 0.25) is 0 Å². The van der Waals surface area contributed by atoms with E-state index in [1.165, 1.54) is 21.3 Å². The number of benzene rings is 5. The lowest BCUT2D eigenvalue weighted by molar-refractivity contribution is -0.126. The van der Waals surface area contributed by atoms with Crippen molar-refractivity contribution in [2.75, 3.05) is 51.8 Å². The number of carbonyl (C=O) groups is 3. The Balaban J connectivity index is 1.00. The van der Waals surface area contributed by atoms with Gasteiger partial charge in [-0.1, -0.05) is 72.8 Å². The van der Waals surface area contributed by atoms with Crippen LogP contribution in [0.1, 0.15) is 40.1 Å². The van der Waals surface area contributed by atoms with E-state index in [0.29, 0.717) is 34.4 Å². The SMILES string of the molecule is COc1ccc([C@H]2[C@H](c3ccc(NC(=O)CNC(=O)OCC4c5ccccc5-c5ccccc54)cc3)C(=O)N2c2cc(OC)c(OC)c(OC)c2)cc1. The van der Waals surface area contributed by atoms with Crippen molar-refractivity contribution in [1.29, 1.82) is 0 Å². The number of anilines is 2. The topological polar surface area (TPSA) is 125 Å². The number of fused-ring (bicyclic) bond motifs is 3. The summed E-state index contributed by atoms with van der Waals surface area (Å²) in [7, 11) is 6.18.